The number of carboxylic acid groups (broad SMARTS) is 1. The maximum Gasteiger partial charge on any atom is 0.339 e. The van der Waals surface area contributed by atoms with Gasteiger partial charge in [-0.3, -0.25) is 4.79 Å². The van der Waals surface area contributed by atoms with Crippen LogP contribution in [0.2, 0.25) is 0 Å². The van der Waals surface area contributed by atoms with Crippen LogP contribution in [-0.2, 0) is 11.2 Å². The van der Waals surface area contributed by atoms with Gasteiger partial charge in [-0.05, 0) is 37.3 Å². The molecule has 0 saturated carbocycles. The van der Waals surface area contributed by atoms with Gasteiger partial charge in [-0.2, -0.15) is 5.10 Å². The van der Waals surface area contributed by atoms with Crippen molar-refractivity contribution in [3.05, 3.63) is 65.9 Å². The second-order valence-corrected chi connectivity index (χ2v) is 5.54. The van der Waals surface area contributed by atoms with E-state index in [4.69, 9.17) is 9.52 Å². The second-order valence-electron chi connectivity index (χ2n) is 5.54. The molecule has 0 unspecified atom stereocenters. The standard InChI is InChI=1S/C18H17N3O4/c1-12-16(18(23)24)11-19-21(12)14-5-2-4-13(10-14)20-17(22)8-7-15-6-3-9-25-15/h2-6,9-11H,7-8H2,1H3,(H,20,22)(H,23,24). The van der Waals surface area contributed by atoms with Gasteiger partial charge in [-0.15, -0.1) is 0 Å². The number of carboxylic acids is 1. The summed E-state index contributed by atoms with van der Waals surface area (Å²) < 4.78 is 6.74. The number of furan rings is 1. The number of aromatic nitrogens is 2. The van der Waals surface area contributed by atoms with Crippen LogP contribution in [0.1, 0.15) is 28.2 Å². The Bertz CT molecular complexity index is 897. The maximum absolute atomic E-state index is 12.1. The molecule has 0 fully saturated rings. The van der Waals surface area contributed by atoms with Gasteiger partial charge in [0, 0.05) is 18.5 Å². The lowest BCUT2D eigenvalue weighted by molar-refractivity contribution is -0.116. The number of hydrogen-bond acceptors (Lipinski definition) is 4. The van der Waals surface area contributed by atoms with E-state index < -0.39 is 5.97 Å². The number of carbonyl (C=O) groups is 2. The number of rotatable bonds is 6. The number of nitrogens with one attached hydrogen (secondary N) is 1. The number of hydrogen-bond donors (Lipinski definition) is 2. The highest BCUT2D eigenvalue weighted by Gasteiger charge is 2.14. The molecule has 2 N–H and O–H groups in total. The first-order valence-electron chi connectivity index (χ1n) is 7.75. The van der Waals surface area contributed by atoms with Crippen LogP contribution in [0.5, 0.6) is 0 Å². The Morgan fingerprint density at radius 1 is 1.28 bits per heavy atom. The molecule has 0 aliphatic heterocycles. The van der Waals surface area contributed by atoms with Crippen LogP contribution >= 0.6 is 0 Å². The normalized spacial score (nSPS) is 10.6. The van der Waals surface area contributed by atoms with Gasteiger partial charge in [0.1, 0.15) is 11.3 Å². The summed E-state index contributed by atoms with van der Waals surface area (Å²) in [6.45, 7) is 1.69. The molecule has 1 amide bonds. The topological polar surface area (TPSA) is 97.4 Å². The fourth-order valence-corrected chi connectivity index (χ4v) is 2.51. The van der Waals surface area contributed by atoms with Gasteiger partial charge in [0.25, 0.3) is 0 Å². The zero-order chi connectivity index (χ0) is 17.8. The highest BCUT2D eigenvalue weighted by Crippen LogP contribution is 2.18. The average Bonchev–Trinajstić information content (AvgIpc) is 3.22. The summed E-state index contributed by atoms with van der Waals surface area (Å²) in [7, 11) is 0. The molecule has 0 aliphatic carbocycles. The molecule has 0 aliphatic rings. The molecule has 0 radical (unpaired) electrons. The minimum Gasteiger partial charge on any atom is -0.478 e. The van der Waals surface area contributed by atoms with Gasteiger partial charge in [-0.25, -0.2) is 9.48 Å². The fraction of sp³-hybridized carbons (Fsp3) is 0.167. The van der Waals surface area contributed by atoms with Gasteiger partial charge < -0.3 is 14.8 Å². The van der Waals surface area contributed by atoms with Crippen molar-refractivity contribution in [2.45, 2.75) is 19.8 Å². The lowest BCUT2D eigenvalue weighted by Gasteiger charge is -2.09. The number of aryl methyl sites for hydroxylation is 1. The first kappa shape index (κ1) is 16.5. The molecule has 7 heteroatoms. The molecule has 128 valence electrons. The van der Waals surface area contributed by atoms with Crippen molar-refractivity contribution >= 4 is 17.6 Å². The lowest BCUT2D eigenvalue weighted by atomic mass is 10.2. The Morgan fingerprint density at radius 2 is 2.12 bits per heavy atom. The Hall–Kier alpha value is -3.35. The van der Waals surface area contributed by atoms with Gasteiger partial charge in [-0.1, -0.05) is 6.07 Å². The molecule has 0 spiro atoms. The molecule has 7 nitrogen and oxygen atoms in total. The molecule has 2 aromatic heterocycles. The third-order valence-corrected chi connectivity index (χ3v) is 3.79. The smallest absolute Gasteiger partial charge is 0.339 e. The van der Waals surface area contributed by atoms with Crippen molar-refractivity contribution in [3.63, 3.8) is 0 Å². The molecule has 0 bridgehead atoms. The monoisotopic (exact) mass is 339 g/mol. The minimum absolute atomic E-state index is 0.128. The summed E-state index contributed by atoms with van der Waals surface area (Å²) >= 11 is 0. The van der Waals surface area contributed by atoms with E-state index in [9.17, 15) is 9.59 Å². The Balaban J connectivity index is 1.71. The molecule has 0 saturated heterocycles. The number of anilines is 1. The van der Waals surface area contributed by atoms with Crippen molar-refractivity contribution in [2.24, 2.45) is 0 Å². The van der Waals surface area contributed by atoms with Crippen LogP contribution in [-0.4, -0.2) is 26.8 Å². The molecule has 3 rings (SSSR count). The van der Waals surface area contributed by atoms with E-state index >= 15 is 0 Å². The van der Waals surface area contributed by atoms with Crippen LogP contribution in [0.15, 0.2) is 53.3 Å². The first-order chi connectivity index (χ1) is 12.0. The Morgan fingerprint density at radius 3 is 2.80 bits per heavy atom. The third kappa shape index (κ3) is 3.77. The van der Waals surface area contributed by atoms with E-state index in [-0.39, 0.29) is 11.5 Å². The van der Waals surface area contributed by atoms with Gasteiger partial charge in [0.15, 0.2) is 0 Å². The van der Waals surface area contributed by atoms with E-state index in [1.165, 1.54) is 10.9 Å². The van der Waals surface area contributed by atoms with E-state index in [2.05, 4.69) is 10.4 Å². The van der Waals surface area contributed by atoms with Crippen molar-refractivity contribution < 1.29 is 19.1 Å². The highest BCUT2D eigenvalue weighted by atomic mass is 16.4. The largest absolute Gasteiger partial charge is 0.478 e. The van der Waals surface area contributed by atoms with Crippen LogP contribution in [0, 0.1) is 6.92 Å². The number of benzene rings is 1. The Labute approximate surface area is 143 Å². The number of nitrogens with zero attached hydrogens (tertiary/aromatic N) is 2. The predicted molar refractivity (Wildman–Crippen MR) is 90.9 cm³/mol. The highest BCUT2D eigenvalue weighted by molar-refractivity contribution is 5.91. The summed E-state index contributed by atoms with van der Waals surface area (Å²) in [4.78, 5) is 23.2. The maximum atomic E-state index is 12.1. The van der Waals surface area contributed by atoms with Gasteiger partial charge in [0.05, 0.1) is 23.8 Å². The summed E-state index contributed by atoms with van der Waals surface area (Å²) in [6.07, 6.45) is 3.72. The molecular weight excluding hydrogens is 322 g/mol. The van der Waals surface area contributed by atoms with E-state index in [1.807, 2.05) is 6.07 Å². The van der Waals surface area contributed by atoms with Gasteiger partial charge >= 0.3 is 5.97 Å². The number of aromatic carboxylic acids is 1. The van der Waals surface area contributed by atoms with Crippen molar-refractivity contribution in [1.29, 1.82) is 0 Å². The zero-order valence-electron chi connectivity index (χ0n) is 13.6. The van der Waals surface area contributed by atoms with Crippen LogP contribution < -0.4 is 5.32 Å². The van der Waals surface area contributed by atoms with Crippen molar-refractivity contribution in [3.8, 4) is 5.69 Å². The zero-order valence-corrected chi connectivity index (χ0v) is 13.6. The molecule has 2 heterocycles. The van der Waals surface area contributed by atoms with Gasteiger partial charge in [0.2, 0.25) is 5.91 Å². The summed E-state index contributed by atoms with van der Waals surface area (Å²) in [5.41, 5.74) is 1.96. The molecule has 0 atom stereocenters. The SMILES string of the molecule is Cc1c(C(=O)O)cnn1-c1cccc(NC(=O)CCc2ccco2)c1. The average molecular weight is 339 g/mol. The molecule has 1 aromatic carbocycles. The molecular formula is C18H17N3O4. The van der Waals surface area contributed by atoms with Crippen molar-refractivity contribution in [2.75, 3.05) is 5.32 Å². The quantitative estimate of drug-likeness (QED) is 0.719. The van der Waals surface area contributed by atoms with Crippen LogP contribution in [0.4, 0.5) is 5.69 Å². The predicted octanol–water partition coefficient (Wildman–Crippen LogP) is 3.04. The summed E-state index contributed by atoms with van der Waals surface area (Å²) in [5.74, 6) is -0.389. The Kier molecular flexibility index (Phi) is 4.65. The van der Waals surface area contributed by atoms with Crippen molar-refractivity contribution in [1.82, 2.24) is 9.78 Å². The number of carbonyl (C=O) groups excluding carboxylic acids is 1. The van der Waals surface area contributed by atoms with E-state index in [1.54, 1.807) is 43.5 Å². The first-order valence-corrected chi connectivity index (χ1v) is 7.75. The van der Waals surface area contributed by atoms with E-state index in [0.717, 1.165) is 5.76 Å². The molecule has 3 aromatic rings. The second kappa shape index (κ2) is 7.04. The number of amides is 1. The summed E-state index contributed by atoms with van der Waals surface area (Å²) in [5, 5.41) is 16.1. The summed E-state index contributed by atoms with van der Waals surface area (Å²) in [6, 6.07) is 10.7. The van der Waals surface area contributed by atoms with Crippen LogP contribution in [0.3, 0.4) is 0 Å². The minimum atomic E-state index is -1.02. The van der Waals surface area contributed by atoms with Crippen LogP contribution in [0.25, 0.3) is 5.69 Å². The third-order valence-electron chi connectivity index (χ3n) is 3.79. The molecule has 25 heavy (non-hydrogen) atoms. The lowest BCUT2D eigenvalue weighted by Crippen LogP contribution is -2.12. The fourth-order valence-electron chi connectivity index (χ4n) is 2.51. The van der Waals surface area contributed by atoms with E-state index in [0.29, 0.717) is 29.9 Å².